The van der Waals surface area contributed by atoms with Crippen molar-refractivity contribution in [1.82, 2.24) is 5.32 Å². The van der Waals surface area contributed by atoms with Gasteiger partial charge in [0.1, 0.15) is 0 Å². The molecule has 1 aromatic rings. The van der Waals surface area contributed by atoms with Crippen LogP contribution >= 0.6 is 0 Å². The van der Waals surface area contributed by atoms with Crippen LogP contribution in [0.2, 0.25) is 0 Å². The molecule has 0 aliphatic carbocycles. The molecule has 108 valence electrons. The summed E-state index contributed by atoms with van der Waals surface area (Å²) in [5.41, 5.74) is 3.32. The summed E-state index contributed by atoms with van der Waals surface area (Å²) in [4.78, 5) is 0. The molecule has 0 amide bonds. The third-order valence-corrected chi connectivity index (χ3v) is 3.78. The van der Waals surface area contributed by atoms with Crippen LogP contribution in [0.1, 0.15) is 51.7 Å². The maximum atomic E-state index is 3.49. The average molecular weight is 261 g/mol. The Balaban J connectivity index is 2.57. The summed E-state index contributed by atoms with van der Waals surface area (Å²) >= 11 is 0. The van der Waals surface area contributed by atoms with Gasteiger partial charge < -0.3 is 5.32 Å². The van der Waals surface area contributed by atoms with E-state index in [1.54, 1.807) is 0 Å². The van der Waals surface area contributed by atoms with Crippen LogP contribution in [0.25, 0.3) is 0 Å². The molecule has 1 heteroatoms. The first-order chi connectivity index (χ1) is 8.81. The maximum absolute atomic E-state index is 3.49. The van der Waals surface area contributed by atoms with Crippen molar-refractivity contribution in [3.8, 4) is 0 Å². The van der Waals surface area contributed by atoms with Gasteiger partial charge in [-0.05, 0) is 55.7 Å². The molecule has 19 heavy (non-hydrogen) atoms. The Hall–Kier alpha value is -0.820. The van der Waals surface area contributed by atoms with Gasteiger partial charge in [0.25, 0.3) is 0 Å². The molecule has 0 heterocycles. The topological polar surface area (TPSA) is 12.0 Å². The number of nitrogens with one attached hydrogen (secondary N) is 1. The van der Waals surface area contributed by atoms with Gasteiger partial charge in [0.15, 0.2) is 0 Å². The van der Waals surface area contributed by atoms with Crippen molar-refractivity contribution in [2.24, 2.45) is 11.3 Å². The Bertz CT molecular complexity index is 376. The molecule has 2 unspecified atom stereocenters. The van der Waals surface area contributed by atoms with Gasteiger partial charge >= 0.3 is 0 Å². The monoisotopic (exact) mass is 261 g/mol. The van der Waals surface area contributed by atoms with Crippen LogP contribution in [0.4, 0.5) is 0 Å². The zero-order chi connectivity index (χ0) is 14.5. The van der Waals surface area contributed by atoms with Crippen LogP contribution in [0.3, 0.4) is 0 Å². The molecule has 0 saturated carbocycles. The lowest BCUT2D eigenvalue weighted by Crippen LogP contribution is -2.30. The first-order valence-electron chi connectivity index (χ1n) is 7.53. The first-order valence-corrected chi connectivity index (χ1v) is 7.53. The van der Waals surface area contributed by atoms with Crippen molar-refractivity contribution in [3.63, 3.8) is 0 Å². The smallest absolute Gasteiger partial charge is 0.0107 e. The van der Waals surface area contributed by atoms with Crippen LogP contribution in [-0.4, -0.2) is 13.1 Å². The molecule has 0 aliphatic rings. The molecule has 0 aromatic heterocycles. The van der Waals surface area contributed by atoms with Crippen LogP contribution in [0.15, 0.2) is 24.3 Å². The summed E-state index contributed by atoms with van der Waals surface area (Å²) in [5, 5.41) is 3.49. The maximum Gasteiger partial charge on any atom is 0.0107 e. The van der Waals surface area contributed by atoms with Crippen molar-refractivity contribution < 1.29 is 0 Å². The van der Waals surface area contributed by atoms with Crippen molar-refractivity contribution >= 4 is 0 Å². The fourth-order valence-corrected chi connectivity index (χ4v) is 3.02. The average Bonchev–Trinajstić information content (AvgIpc) is 2.28. The zero-order valence-electron chi connectivity index (χ0n) is 13.6. The molecule has 1 N–H and O–H groups in total. The number of aryl methyl sites for hydroxylation is 1. The minimum absolute atomic E-state index is 0.431. The zero-order valence-corrected chi connectivity index (χ0v) is 13.6. The van der Waals surface area contributed by atoms with Crippen molar-refractivity contribution in [1.29, 1.82) is 0 Å². The Morgan fingerprint density at radius 3 is 2.32 bits per heavy atom. The Kier molecular flexibility index (Phi) is 6.06. The Morgan fingerprint density at radius 1 is 1.16 bits per heavy atom. The molecular formula is C18H31N. The molecule has 1 aromatic carbocycles. The lowest BCUT2D eigenvalue weighted by atomic mass is 9.82. The normalized spacial score (nSPS) is 15.3. The first kappa shape index (κ1) is 16.2. The molecule has 1 nitrogen and oxygen atoms in total. The van der Waals surface area contributed by atoms with Gasteiger partial charge in [-0.2, -0.15) is 0 Å². The molecule has 0 aliphatic heterocycles. The van der Waals surface area contributed by atoms with E-state index in [4.69, 9.17) is 0 Å². The second-order valence-electron chi connectivity index (χ2n) is 7.22. The summed E-state index contributed by atoms with van der Waals surface area (Å²) in [6.45, 7) is 11.6. The summed E-state index contributed by atoms with van der Waals surface area (Å²) < 4.78 is 0. The van der Waals surface area contributed by atoms with E-state index < -0.39 is 0 Å². The Labute approximate surface area is 119 Å². The van der Waals surface area contributed by atoms with Gasteiger partial charge in [-0.15, -0.1) is 0 Å². The van der Waals surface area contributed by atoms with Gasteiger partial charge in [0, 0.05) is 6.04 Å². The minimum atomic E-state index is 0.431. The summed E-state index contributed by atoms with van der Waals surface area (Å²) in [7, 11) is 2.09. The quantitative estimate of drug-likeness (QED) is 0.790. The Morgan fingerprint density at radius 2 is 1.79 bits per heavy atom. The molecule has 2 atom stereocenters. The molecule has 1 rings (SSSR count). The number of likely N-dealkylation sites (N-methyl/N-ethyl adjacent to an activating group) is 1. The van der Waals surface area contributed by atoms with Crippen molar-refractivity contribution in [2.45, 2.75) is 59.9 Å². The number of benzene rings is 1. The standard InChI is InChI=1S/C18H31N/c1-14(13-18(3,4)5)11-17(19-6)12-16-10-8-7-9-15(16)2/h7-10,14,17,19H,11-13H2,1-6H3. The fourth-order valence-electron chi connectivity index (χ4n) is 3.02. The number of rotatable bonds is 6. The summed E-state index contributed by atoms with van der Waals surface area (Å²) in [6, 6.07) is 9.32. The highest BCUT2D eigenvalue weighted by molar-refractivity contribution is 5.26. The largest absolute Gasteiger partial charge is 0.317 e. The second kappa shape index (κ2) is 7.09. The fraction of sp³-hybridized carbons (Fsp3) is 0.667. The van der Waals surface area contributed by atoms with Crippen LogP contribution in [0, 0.1) is 18.3 Å². The minimum Gasteiger partial charge on any atom is -0.317 e. The molecular weight excluding hydrogens is 230 g/mol. The molecule has 0 spiro atoms. The number of hydrogen-bond acceptors (Lipinski definition) is 1. The molecule has 0 saturated heterocycles. The summed E-state index contributed by atoms with van der Waals surface area (Å²) in [5.74, 6) is 0.765. The van der Waals surface area contributed by atoms with Crippen LogP contribution in [-0.2, 0) is 6.42 Å². The van der Waals surface area contributed by atoms with E-state index in [9.17, 15) is 0 Å². The van der Waals surface area contributed by atoms with Crippen molar-refractivity contribution in [3.05, 3.63) is 35.4 Å². The lowest BCUT2D eigenvalue weighted by molar-refractivity contribution is 0.277. The third-order valence-electron chi connectivity index (χ3n) is 3.78. The molecule has 0 bridgehead atoms. The van der Waals surface area contributed by atoms with E-state index in [0.717, 1.165) is 12.3 Å². The van der Waals surface area contributed by atoms with Gasteiger partial charge in [0.05, 0.1) is 0 Å². The predicted molar refractivity (Wildman–Crippen MR) is 85.6 cm³/mol. The van der Waals surface area contributed by atoms with Crippen molar-refractivity contribution in [2.75, 3.05) is 7.05 Å². The van der Waals surface area contributed by atoms with Crippen LogP contribution < -0.4 is 5.32 Å². The van der Waals surface area contributed by atoms with E-state index in [2.05, 4.69) is 71.2 Å². The van der Waals surface area contributed by atoms with Gasteiger partial charge in [-0.25, -0.2) is 0 Å². The summed E-state index contributed by atoms with van der Waals surface area (Å²) in [6.07, 6.45) is 3.68. The van der Waals surface area contributed by atoms with Gasteiger partial charge in [0.2, 0.25) is 0 Å². The molecule has 0 radical (unpaired) electrons. The highest BCUT2D eigenvalue weighted by Gasteiger charge is 2.18. The predicted octanol–water partition coefficient (Wildman–Crippen LogP) is 4.59. The highest BCUT2D eigenvalue weighted by Crippen LogP contribution is 2.27. The van der Waals surface area contributed by atoms with E-state index in [0.29, 0.717) is 11.5 Å². The van der Waals surface area contributed by atoms with Gasteiger partial charge in [-0.3, -0.25) is 0 Å². The van der Waals surface area contributed by atoms with E-state index in [1.165, 1.54) is 24.0 Å². The molecule has 0 fully saturated rings. The van der Waals surface area contributed by atoms with E-state index in [-0.39, 0.29) is 0 Å². The highest BCUT2D eigenvalue weighted by atomic mass is 14.9. The lowest BCUT2D eigenvalue weighted by Gasteiger charge is -2.27. The van der Waals surface area contributed by atoms with Gasteiger partial charge in [-0.1, -0.05) is 52.0 Å². The number of hydrogen-bond donors (Lipinski definition) is 1. The van der Waals surface area contributed by atoms with E-state index in [1.807, 2.05) is 0 Å². The van der Waals surface area contributed by atoms with Crippen LogP contribution in [0.5, 0.6) is 0 Å². The SMILES string of the molecule is CNC(Cc1ccccc1C)CC(C)CC(C)(C)C. The van der Waals surface area contributed by atoms with E-state index >= 15 is 0 Å². The third kappa shape index (κ3) is 6.24. The second-order valence-corrected chi connectivity index (χ2v) is 7.22.